The normalized spacial score (nSPS) is 14.3. The minimum absolute atomic E-state index is 0.182. The van der Waals surface area contributed by atoms with Crippen molar-refractivity contribution in [3.8, 4) is 11.5 Å². The number of fused-ring (bicyclic) bond motifs is 1. The summed E-state index contributed by atoms with van der Waals surface area (Å²) < 4.78 is 27.3. The number of hydrogen-bond acceptors (Lipinski definition) is 4. The first-order valence-corrected chi connectivity index (χ1v) is 13.4. The molecule has 0 radical (unpaired) electrons. The van der Waals surface area contributed by atoms with Crippen molar-refractivity contribution in [2.24, 2.45) is 0 Å². The van der Waals surface area contributed by atoms with Gasteiger partial charge in [-0.05, 0) is 86.1 Å². The third-order valence-electron chi connectivity index (χ3n) is 6.56. The van der Waals surface area contributed by atoms with Gasteiger partial charge < -0.3 is 19.4 Å². The number of carbonyl (C=O) groups is 1. The number of benzene rings is 3. The molecule has 3 aromatic carbocycles. The fraction of sp³-hybridized carbons (Fsp3) is 0.226. The van der Waals surface area contributed by atoms with Crippen molar-refractivity contribution in [1.82, 2.24) is 14.8 Å². The summed E-state index contributed by atoms with van der Waals surface area (Å²) in [6.45, 7) is 5.84. The van der Waals surface area contributed by atoms with E-state index in [9.17, 15) is 9.18 Å². The Hall–Kier alpha value is -4.17. The van der Waals surface area contributed by atoms with E-state index in [1.807, 2.05) is 74.5 Å². The molecule has 1 N–H and O–H groups in total. The van der Waals surface area contributed by atoms with Gasteiger partial charge >= 0.3 is 0 Å². The van der Waals surface area contributed by atoms with Gasteiger partial charge in [0.15, 0.2) is 16.6 Å². The maximum absolute atomic E-state index is 13.9. The summed E-state index contributed by atoms with van der Waals surface area (Å²) in [6, 6.07) is 22.4. The predicted molar refractivity (Wildman–Crippen MR) is 155 cm³/mol. The Bertz CT molecular complexity index is 1560. The van der Waals surface area contributed by atoms with Crippen LogP contribution in [0.15, 0.2) is 78.5 Å². The van der Waals surface area contributed by atoms with E-state index in [1.165, 1.54) is 12.1 Å². The molecule has 6 nitrogen and oxygen atoms in total. The van der Waals surface area contributed by atoms with Gasteiger partial charge in [0.2, 0.25) is 0 Å². The van der Waals surface area contributed by atoms with Gasteiger partial charge in [0.1, 0.15) is 11.5 Å². The Morgan fingerprint density at radius 3 is 2.51 bits per heavy atom. The molecular weight excluding hydrogens is 513 g/mol. The lowest BCUT2D eigenvalue weighted by Gasteiger charge is -2.16. The minimum atomic E-state index is -0.279. The van der Waals surface area contributed by atoms with E-state index < -0.39 is 0 Å². The molecule has 0 atom stereocenters. The monoisotopic (exact) mass is 543 g/mol. The number of thiocarbonyl (C=S) groups is 1. The summed E-state index contributed by atoms with van der Waals surface area (Å²) >= 11 is 5.53. The highest BCUT2D eigenvalue weighted by Crippen LogP contribution is 2.29. The van der Waals surface area contributed by atoms with Crippen molar-refractivity contribution < 1.29 is 18.7 Å². The smallest absolute Gasteiger partial charge is 0.276 e. The average molecular weight is 544 g/mol. The lowest BCUT2D eigenvalue weighted by molar-refractivity contribution is -0.122. The van der Waals surface area contributed by atoms with Crippen LogP contribution in [0.4, 0.5) is 4.39 Å². The highest BCUT2D eigenvalue weighted by atomic mass is 32.1. The zero-order valence-corrected chi connectivity index (χ0v) is 22.8. The zero-order chi connectivity index (χ0) is 27.4. The average Bonchev–Trinajstić information content (AvgIpc) is 3.40. The predicted octanol–water partition coefficient (Wildman–Crippen LogP) is 5.93. The van der Waals surface area contributed by atoms with Gasteiger partial charge in [-0.3, -0.25) is 9.69 Å². The number of rotatable bonds is 10. The zero-order valence-electron chi connectivity index (χ0n) is 21.9. The third kappa shape index (κ3) is 5.81. The van der Waals surface area contributed by atoms with Gasteiger partial charge in [-0.1, -0.05) is 36.4 Å². The van der Waals surface area contributed by atoms with E-state index in [0.717, 1.165) is 27.7 Å². The number of ether oxygens (including phenoxy) is 2. The standard InChI is InChI=1S/C31H30FN3O3S/c1-3-37-28-13-12-21(17-29(28)38-4-2)14-15-34-30(36)26(33-31(34)39)19-25-18-23-9-5-6-11-27(23)35(25)20-22-8-7-10-24(32)16-22/h5-13,16-19H,3-4,14-15,20H2,1-2H3,(H,33,39). The van der Waals surface area contributed by atoms with Crippen LogP contribution in [-0.2, 0) is 17.8 Å². The second-order valence-electron chi connectivity index (χ2n) is 9.19. The number of halogens is 1. The second kappa shape index (κ2) is 11.7. The number of nitrogens with one attached hydrogen (secondary N) is 1. The van der Waals surface area contributed by atoms with Crippen LogP contribution in [0.5, 0.6) is 11.5 Å². The van der Waals surface area contributed by atoms with Crippen molar-refractivity contribution >= 4 is 40.2 Å². The molecular formula is C31H30FN3O3S. The number of para-hydroxylation sites is 1. The molecule has 1 saturated heterocycles. The van der Waals surface area contributed by atoms with Crippen molar-refractivity contribution in [2.75, 3.05) is 19.8 Å². The Kier molecular flexibility index (Phi) is 7.93. The maximum atomic E-state index is 13.9. The first-order chi connectivity index (χ1) is 19.0. The molecule has 0 aliphatic carbocycles. The van der Waals surface area contributed by atoms with E-state index in [4.69, 9.17) is 21.7 Å². The lowest BCUT2D eigenvalue weighted by Crippen LogP contribution is -2.32. The van der Waals surface area contributed by atoms with Gasteiger partial charge in [-0.2, -0.15) is 0 Å². The number of carbonyl (C=O) groups excluding carboxylic acids is 1. The topological polar surface area (TPSA) is 55.7 Å². The molecule has 1 amide bonds. The number of amides is 1. The summed E-state index contributed by atoms with van der Waals surface area (Å²) in [5, 5.41) is 4.50. The van der Waals surface area contributed by atoms with Crippen LogP contribution in [0.3, 0.4) is 0 Å². The van der Waals surface area contributed by atoms with E-state index in [0.29, 0.717) is 55.0 Å². The molecule has 0 saturated carbocycles. The van der Waals surface area contributed by atoms with E-state index >= 15 is 0 Å². The summed E-state index contributed by atoms with van der Waals surface area (Å²) in [7, 11) is 0. The highest BCUT2D eigenvalue weighted by Gasteiger charge is 2.30. The molecule has 0 spiro atoms. The van der Waals surface area contributed by atoms with Crippen molar-refractivity contribution in [3.63, 3.8) is 0 Å². The van der Waals surface area contributed by atoms with Crippen LogP contribution in [-0.4, -0.2) is 40.2 Å². The largest absolute Gasteiger partial charge is 0.490 e. The van der Waals surface area contributed by atoms with Crippen molar-refractivity contribution in [1.29, 1.82) is 0 Å². The Balaban J connectivity index is 1.37. The molecule has 1 aliphatic rings. The van der Waals surface area contributed by atoms with Crippen LogP contribution in [0.1, 0.15) is 30.7 Å². The van der Waals surface area contributed by atoms with Gasteiger partial charge in [0, 0.05) is 29.7 Å². The van der Waals surface area contributed by atoms with Crippen LogP contribution < -0.4 is 14.8 Å². The van der Waals surface area contributed by atoms with Crippen LogP contribution >= 0.6 is 12.2 Å². The molecule has 0 bridgehead atoms. The molecule has 200 valence electrons. The van der Waals surface area contributed by atoms with Crippen molar-refractivity contribution in [3.05, 3.63) is 101 Å². The Morgan fingerprint density at radius 2 is 1.72 bits per heavy atom. The molecule has 0 unspecified atom stereocenters. The molecule has 1 aliphatic heterocycles. The quantitative estimate of drug-likeness (QED) is 0.199. The Morgan fingerprint density at radius 1 is 0.923 bits per heavy atom. The molecule has 4 aromatic rings. The number of nitrogens with zero attached hydrogens (tertiary/aromatic N) is 2. The molecule has 2 heterocycles. The highest BCUT2D eigenvalue weighted by molar-refractivity contribution is 7.80. The fourth-order valence-corrected chi connectivity index (χ4v) is 5.04. The first kappa shape index (κ1) is 26.4. The summed E-state index contributed by atoms with van der Waals surface area (Å²) in [6.07, 6.45) is 2.42. The summed E-state index contributed by atoms with van der Waals surface area (Å²) in [5.41, 5.74) is 4.09. The molecule has 39 heavy (non-hydrogen) atoms. The van der Waals surface area contributed by atoms with Crippen molar-refractivity contribution in [2.45, 2.75) is 26.8 Å². The maximum Gasteiger partial charge on any atom is 0.276 e. The lowest BCUT2D eigenvalue weighted by atomic mass is 10.1. The summed E-state index contributed by atoms with van der Waals surface area (Å²) in [4.78, 5) is 15.0. The number of aromatic nitrogens is 1. The van der Waals surface area contributed by atoms with Crippen LogP contribution in [0, 0.1) is 5.82 Å². The van der Waals surface area contributed by atoms with Gasteiger partial charge in [-0.25, -0.2) is 4.39 Å². The third-order valence-corrected chi connectivity index (χ3v) is 6.88. The Labute approximate surface area is 232 Å². The second-order valence-corrected chi connectivity index (χ2v) is 9.57. The molecule has 8 heteroatoms. The van der Waals surface area contributed by atoms with E-state index in [2.05, 4.69) is 9.88 Å². The van der Waals surface area contributed by atoms with Crippen LogP contribution in [0.2, 0.25) is 0 Å². The molecule has 1 aromatic heterocycles. The van der Waals surface area contributed by atoms with E-state index in [1.54, 1.807) is 11.0 Å². The summed E-state index contributed by atoms with van der Waals surface area (Å²) in [5.74, 6) is 0.935. The van der Waals surface area contributed by atoms with E-state index in [-0.39, 0.29) is 11.7 Å². The molecule has 1 fully saturated rings. The fourth-order valence-electron chi connectivity index (χ4n) is 4.76. The van der Waals surface area contributed by atoms with Gasteiger partial charge in [0.25, 0.3) is 5.91 Å². The SMILES string of the molecule is CCOc1ccc(CCN2C(=O)C(=Cc3cc4ccccc4n3Cc3cccc(F)c3)NC2=S)cc1OCC. The van der Waals surface area contributed by atoms with Crippen LogP contribution in [0.25, 0.3) is 17.0 Å². The number of hydrogen-bond donors (Lipinski definition) is 1. The van der Waals surface area contributed by atoms with Gasteiger partial charge in [0.05, 0.1) is 13.2 Å². The van der Waals surface area contributed by atoms with Gasteiger partial charge in [-0.15, -0.1) is 0 Å². The minimum Gasteiger partial charge on any atom is -0.490 e. The molecule has 5 rings (SSSR count). The first-order valence-electron chi connectivity index (χ1n) is 13.0.